The number of aromatic nitrogens is 2. The highest BCUT2D eigenvalue weighted by atomic mass is 19.1. The van der Waals surface area contributed by atoms with E-state index in [1.54, 1.807) is 35.0 Å². The number of piperidine rings is 1. The second-order valence-corrected chi connectivity index (χ2v) is 8.22. The van der Waals surface area contributed by atoms with Crippen molar-refractivity contribution in [1.82, 2.24) is 14.5 Å². The molecule has 2 aromatic heterocycles. The molecular weight excluding hydrogens is 407 g/mol. The first kappa shape index (κ1) is 21.7. The molecule has 32 heavy (non-hydrogen) atoms. The SMILES string of the molecule is Cc1cc(Nc2ccc(F)cc2)cc(C2CCCN(C(=O)CCn3ccccc3=O)C2)n1. The minimum atomic E-state index is -0.272. The van der Waals surface area contributed by atoms with Crippen LogP contribution >= 0.6 is 0 Å². The molecule has 3 aromatic rings. The number of likely N-dealkylation sites (tertiary alicyclic amines) is 1. The van der Waals surface area contributed by atoms with Gasteiger partial charge in [0.1, 0.15) is 5.82 Å². The van der Waals surface area contributed by atoms with E-state index in [0.29, 0.717) is 19.5 Å². The van der Waals surface area contributed by atoms with Crippen molar-refractivity contribution in [2.45, 2.75) is 38.6 Å². The van der Waals surface area contributed by atoms with Crippen LogP contribution in [0.25, 0.3) is 0 Å². The van der Waals surface area contributed by atoms with Crippen molar-refractivity contribution < 1.29 is 9.18 Å². The van der Waals surface area contributed by atoms with Crippen molar-refractivity contribution in [3.63, 3.8) is 0 Å². The third-order valence-electron chi connectivity index (χ3n) is 5.76. The number of anilines is 2. The van der Waals surface area contributed by atoms with Crippen LogP contribution in [0.4, 0.5) is 15.8 Å². The highest BCUT2D eigenvalue weighted by Crippen LogP contribution is 2.29. The highest BCUT2D eigenvalue weighted by molar-refractivity contribution is 5.76. The predicted octanol–water partition coefficient (Wildman–Crippen LogP) is 4.23. The zero-order valence-corrected chi connectivity index (χ0v) is 18.1. The average molecular weight is 435 g/mol. The number of nitrogens with zero attached hydrogens (tertiary/aromatic N) is 3. The van der Waals surface area contributed by atoms with Crippen LogP contribution in [0.5, 0.6) is 0 Å². The molecule has 1 atom stereocenters. The molecule has 1 aliphatic rings. The summed E-state index contributed by atoms with van der Waals surface area (Å²) in [5.74, 6) is -0.0603. The van der Waals surface area contributed by atoms with Crippen LogP contribution in [0, 0.1) is 12.7 Å². The van der Waals surface area contributed by atoms with Crippen molar-refractivity contribution in [1.29, 1.82) is 0 Å². The lowest BCUT2D eigenvalue weighted by Gasteiger charge is -2.33. The van der Waals surface area contributed by atoms with E-state index in [4.69, 9.17) is 4.98 Å². The Morgan fingerprint density at radius 1 is 1.16 bits per heavy atom. The topological polar surface area (TPSA) is 67.2 Å². The molecule has 1 saturated heterocycles. The fourth-order valence-corrected chi connectivity index (χ4v) is 4.14. The van der Waals surface area contributed by atoms with Gasteiger partial charge in [-0.1, -0.05) is 6.07 Å². The average Bonchev–Trinajstić information content (AvgIpc) is 2.79. The zero-order valence-electron chi connectivity index (χ0n) is 18.1. The van der Waals surface area contributed by atoms with Crippen LogP contribution in [-0.2, 0) is 11.3 Å². The van der Waals surface area contributed by atoms with E-state index < -0.39 is 0 Å². The van der Waals surface area contributed by atoms with E-state index in [1.807, 2.05) is 24.0 Å². The quantitative estimate of drug-likeness (QED) is 0.631. The molecule has 4 rings (SSSR count). The van der Waals surface area contributed by atoms with Gasteiger partial charge in [-0.3, -0.25) is 14.6 Å². The Balaban J connectivity index is 1.42. The molecule has 1 unspecified atom stereocenters. The number of carbonyl (C=O) groups excluding carboxylic acids is 1. The first-order chi connectivity index (χ1) is 15.5. The fraction of sp³-hybridized carbons (Fsp3) is 0.320. The monoisotopic (exact) mass is 434 g/mol. The first-order valence-electron chi connectivity index (χ1n) is 10.9. The molecule has 0 radical (unpaired) electrons. The van der Waals surface area contributed by atoms with Crippen LogP contribution < -0.4 is 10.9 Å². The third-order valence-corrected chi connectivity index (χ3v) is 5.76. The molecule has 0 aliphatic carbocycles. The Bertz CT molecular complexity index is 1140. The number of hydrogen-bond donors (Lipinski definition) is 1. The summed E-state index contributed by atoms with van der Waals surface area (Å²) in [6.07, 6.45) is 3.89. The molecule has 7 heteroatoms. The molecule has 1 aromatic carbocycles. The number of aryl methyl sites for hydroxylation is 2. The van der Waals surface area contributed by atoms with Gasteiger partial charge in [-0.15, -0.1) is 0 Å². The van der Waals surface area contributed by atoms with Crippen LogP contribution in [0.3, 0.4) is 0 Å². The van der Waals surface area contributed by atoms with Gasteiger partial charge in [0.05, 0.1) is 0 Å². The minimum Gasteiger partial charge on any atom is -0.355 e. The van der Waals surface area contributed by atoms with Crippen LogP contribution in [-0.4, -0.2) is 33.4 Å². The maximum Gasteiger partial charge on any atom is 0.250 e. The Labute approximate surface area is 186 Å². The van der Waals surface area contributed by atoms with Gasteiger partial charge in [-0.25, -0.2) is 4.39 Å². The number of halogens is 1. The van der Waals surface area contributed by atoms with Crippen molar-refractivity contribution in [3.8, 4) is 0 Å². The molecule has 0 spiro atoms. The van der Waals surface area contributed by atoms with Crippen LogP contribution in [0.15, 0.2) is 65.6 Å². The van der Waals surface area contributed by atoms with E-state index in [2.05, 4.69) is 5.32 Å². The number of rotatable bonds is 6. The summed E-state index contributed by atoms with van der Waals surface area (Å²) in [7, 11) is 0. The maximum absolute atomic E-state index is 13.2. The van der Waals surface area contributed by atoms with Gasteiger partial charge in [-0.05, 0) is 62.2 Å². The number of carbonyl (C=O) groups is 1. The number of benzene rings is 1. The summed E-state index contributed by atoms with van der Waals surface area (Å²) >= 11 is 0. The van der Waals surface area contributed by atoms with Gasteiger partial charge in [0.25, 0.3) is 5.56 Å². The van der Waals surface area contributed by atoms with Gasteiger partial charge in [0, 0.05) is 67.0 Å². The summed E-state index contributed by atoms with van der Waals surface area (Å²) in [6, 6.07) is 15.2. The maximum atomic E-state index is 13.2. The molecule has 6 nitrogen and oxygen atoms in total. The Kier molecular flexibility index (Phi) is 6.63. The first-order valence-corrected chi connectivity index (χ1v) is 10.9. The number of hydrogen-bond acceptors (Lipinski definition) is 4. The van der Waals surface area contributed by atoms with Crippen molar-refractivity contribution >= 4 is 17.3 Å². The molecule has 166 valence electrons. The zero-order chi connectivity index (χ0) is 22.5. The van der Waals surface area contributed by atoms with Crippen molar-refractivity contribution in [2.24, 2.45) is 0 Å². The van der Waals surface area contributed by atoms with Crippen LogP contribution in [0.1, 0.15) is 36.6 Å². The van der Waals surface area contributed by atoms with Gasteiger partial charge >= 0.3 is 0 Å². The third kappa shape index (κ3) is 5.41. The smallest absolute Gasteiger partial charge is 0.250 e. The minimum absolute atomic E-state index is 0.0581. The summed E-state index contributed by atoms with van der Waals surface area (Å²) in [5, 5.41) is 3.31. The van der Waals surface area contributed by atoms with E-state index in [-0.39, 0.29) is 23.2 Å². The molecule has 0 bridgehead atoms. The molecular formula is C25H27FN4O2. The second-order valence-electron chi connectivity index (χ2n) is 8.22. The van der Waals surface area contributed by atoms with Gasteiger partial charge in [0.15, 0.2) is 0 Å². The molecule has 1 N–H and O–H groups in total. The standard InChI is InChI=1S/C25H27FN4O2/c1-18-15-22(28-21-9-7-20(26)8-10-21)16-23(27-18)19-5-4-13-30(17-19)25(32)11-14-29-12-3-2-6-24(29)31/h2-3,6-10,12,15-16,19H,4-5,11,13-14,17H2,1H3,(H,27,28). The molecule has 0 saturated carbocycles. The van der Waals surface area contributed by atoms with E-state index in [9.17, 15) is 14.0 Å². The molecule has 1 aliphatic heterocycles. The Morgan fingerprint density at radius 2 is 1.97 bits per heavy atom. The van der Waals surface area contributed by atoms with Gasteiger partial charge in [0.2, 0.25) is 5.91 Å². The summed E-state index contributed by atoms with van der Waals surface area (Å²) in [4.78, 5) is 31.3. The highest BCUT2D eigenvalue weighted by Gasteiger charge is 2.26. The van der Waals surface area contributed by atoms with Gasteiger partial charge < -0.3 is 14.8 Å². The van der Waals surface area contributed by atoms with E-state index in [0.717, 1.165) is 42.1 Å². The second kappa shape index (κ2) is 9.77. The summed E-state index contributed by atoms with van der Waals surface area (Å²) in [5.41, 5.74) is 3.44. The Hall–Kier alpha value is -3.48. The lowest BCUT2D eigenvalue weighted by Crippen LogP contribution is -2.40. The van der Waals surface area contributed by atoms with Crippen molar-refractivity contribution in [3.05, 3.63) is 88.4 Å². The molecule has 1 fully saturated rings. The lowest BCUT2D eigenvalue weighted by molar-refractivity contribution is -0.132. The fourth-order valence-electron chi connectivity index (χ4n) is 4.14. The van der Waals surface area contributed by atoms with E-state index in [1.165, 1.54) is 18.2 Å². The molecule has 1 amide bonds. The van der Waals surface area contributed by atoms with Gasteiger partial charge in [-0.2, -0.15) is 0 Å². The number of nitrogens with one attached hydrogen (secondary N) is 1. The Morgan fingerprint density at radius 3 is 2.75 bits per heavy atom. The lowest BCUT2D eigenvalue weighted by atomic mass is 9.93. The van der Waals surface area contributed by atoms with Crippen LogP contribution in [0.2, 0.25) is 0 Å². The van der Waals surface area contributed by atoms with Crippen molar-refractivity contribution in [2.75, 3.05) is 18.4 Å². The predicted molar refractivity (Wildman–Crippen MR) is 123 cm³/mol. The summed E-state index contributed by atoms with van der Waals surface area (Å²) < 4.78 is 14.7. The number of amides is 1. The number of pyridine rings is 2. The molecule has 3 heterocycles. The van der Waals surface area contributed by atoms with E-state index >= 15 is 0 Å². The summed E-state index contributed by atoms with van der Waals surface area (Å²) in [6.45, 7) is 3.68. The normalized spacial score (nSPS) is 16.1. The largest absolute Gasteiger partial charge is 0.355 e.